The molecule has 0 bridgehead atoms. The van der Waals surface area contributed by atoms with Crippen LogP contribution in [0.2, 0.25) is 0 Å². The summed E-state index contributed by atoms with van der Waals surface area (Å²) in [5.41, 5.74) is 1.30. The van der Waals surface area contributed by atoms with Gasteiger partial charge in [0.2, 0.25) is 5.95 Å². The summed E-state index contributed by atoms with van der Waals surface area (Å²) in [6.07, 6.45) is 4.67. The van der Waals surface area contributed by atoms with Gasteiger partial charge in [0.05, 0.1) is 17.7 Å². The van der Waals surface area contributed by atoms with Crippen LogP contribution < -0.4 is 16.0 Å². The van der Waals surface area contributed by atoms with Gasteiger partial charge < -0.3 is 25.6 Å². The summed E-state index contributed by atoms with van der Waals surface area (Å²) in [6.45, 7) is 3.49. The third kappa shape index (κ3) is 7.05. The minimum Gasteiger partial charge on any atom is -0.389 e. The SMILES string of the molecule is CC(C)(O)CNC(=O)c1ccc(Nc2ncc3ccn(Cc4ccccc4NCS(C)(=O)=O)c3n2)cc1F. The molecule has 0 aliphatic rings. The lowest BCUT2D eigenvalue weighted by atomic mass is 10.1. The number of hydrogen-bond acceptors (Lipinski definition) is 8. The van der Waals surface area contributed by atoms with E-state index in [9.17, 15) is 22.7 Å². The highest BCUT2D eigenvalue weighted by Gasteiger charge is 2.18. The van der Waals surface area contributed by atoms with E-state index in [-0.39, 0.29) is 23.9 Å². The number of rotatable bonds is 10. The van der Waals surface area contributed by atoms with Crippen LogP contribution >= 0.6 is 0 Å². The van der Waals surface area contributed by atoms with Gasteiger partial charge in [-0.15, -0.1) is 0 Å². The molecule has 4 rings (SSSR count). The second kappa shape index (κ2) is 10.8. The summed E-state index contributed by atoms with van der Waals surface area (Å²) in [5.74, 6) is -1.30. The molecule has 0 saturated carbocycles. The zero-order valence-corrected chi connectivity index (χ0v) is 22.0. The fraction of sp³-hybridized carbons (Fsp3) is 0.269. The van der Waals surface area contributed by atoms with Crippen molar-refractivity contribution in [2.75, 3.05) is 29.3 Å². The predicted octanol–water partition coefficient (Wildman–Crippen LogP) is 3.28. The van der Waals surface area contributed by atoms with Crippen molar-refractivity contribution >= 4 is 44.1 Å². The van der Waals surface area contributed by atoms with Crippen molar-refractivity contribution in [2.45, 2.75) is 26.0 Å². The number of carbonyl (C=O) groups excluding carboxylic acids is 1. The van der Waals surface area contributed by atoms with Crippen LogP contribution in [0.25, 0.3) is 11.0 Å². The number of fused-ring (bicyclic) bond motifs is 1. The largest absolute Gasteiger partial charge is 0.389 e. The zero-order chi connectivity index (χ0) is 27.5. The van der Waals surface area contributed by atoms with E-state index in [1.54, 1.807) is 26.1 Å². The number of para-hydroxylation sites is 1. The maximum atomic E-state index is 14.7. The van der Waals surface area contributed by atoms with E-state index in [1.165, 1.54) is 18.4 Å². The van der Waals surface area contributed by atoms with E-state index in [0.29, 0.717) is 23.6 Å². The molecule has 0 fully saturated rings. The van der Waals surface area contributed by atoms with Crippen molar-refractivity contribution in [3.8, 4) is 0 Å². The fourth-order valence-corrected chi connectivity index (χ4v) is 4.10. The van der Waals surface area contributed by atoms with Crippen LogP contribution in [0.4, 0.5) is 21.7 Å². The number of sulfone groups is 1. The molecule has 4 aromatic rings. The summed E-state index contributed by atoms with van der Waals surface area (Å²) in [4.78, 5) is 21.1. The van der Waals surface area contributed by atoms with Gasteiger partial charge in [-0.05, 0) is 49.7 Å². The van der Waals surface area contributed by atoms with E-state index in [2.05, 4.69) is 25.9 Å². The van der Waals surface area contributed by atoms with Gasteiger partial charge in [-0.2, -0.15) is 4.98 Å². The average molecular weight is 541 g/mol. The number of carbonyl (C=O) groups is 1. The van der Waals surface area contributed by atoms with Crippen LogP contribution in [0.3, 0.4) is 0 Å². The molecule has 2 aromatic heterocycles. The predicted molar refractivity (Wildman–Crippen MR) is 145 cm³/mol. The number of halogens is 1. The quantitative estimate of drug-likeness (QED) is 0.240. The lowest BCUT2D eigenvalue weighted by Crippen LogP contribution is -2.38. The first-order chi connectivity index (χ1) is 17.9. The van der Waals surface area contributed by atoms with Gasteiger partial charge in [0.15, 0.2) is 9.84 Å². The van der Waals surface area contributed by atoms with E-state index < -0.39 is 27.2 Å². The maximum absolute atomic E-state index is 14.7. The van der Waals surface area contributed by atoms with Gasteiger partial charge in [-0.25, -0.2) is 17.8 Å². The van der Waals surface area contributed by atoms with Crippen LogP contribution in [0, 0.1) is 5.82 Å². The molecule has 0 aliphatic carbocycles. The molecule has 200 valence electrons. The Hall–Kier alpha value is -4.03. The summed E-state index contributed by atoms with van der Waals surface area (Å²) in [6, 6.07) is 13.3. The van der Waals surface area contributed by atoms with Crippen molar-refractivity contribution < 1.29 is 22.7 Å². The Bertz CT molecular complexity index is 1580. The van der Waals surface area contributed by atoms with E-state index >= 15 is 0 Å². The van der Waals surface area contributed by atoms with Crippen LogP contribution in [0.5, 0.6) is 0 Å². The minimum atomic E-state index is -3.20. The van der Waals surface area contributed by atoms with Crippen LogP contribution in [0.15, 0.2) is 60.9 Å². The van der Waals surface area contributed by atoms with Gasteiger partial charge in [0, 0.05) is 42.0 Å². The molecule has 1 amide bonds. The monoisotopic (exact) mass is 540 g/mol. The van der Waals surface area contributed by atoms with E-state index in [4.69, 9.17) is 0 Å². The van der Waals surface area contributed by atoms with Crippen LogP contribution in [0.1, 0.15) is 29.8 Å². The second-order valence-corrected chi connectivity index (χ2v) is 11.8. The Balaban J connectivity index is 1.52. The highest BCUT2D eigenvalue weighted by atomic mass is 32.2. The number of nitrogens with zero attached hydrogens (tertiary/aromatic N) is 3. The van der Waals surface area contributed by atoms with Gasteiger partial charge in [0.25, 0.3) is 5.91 Å². The first-order valence-corrected chi connectivity index (χ1v) is 13.8. The van der Waals surface area contributed by atoms with Crippen LogP contribution in [-0.2, 0) is 16.4 Å². The van der Waals surface area contributed by atoms with Crippen molar-refractivity contribution in [2.24, 2.45) is 0 Å². The van der Waals surface area contributed by atoms with Crippen LogP contribution in [-0.4, -0.2) is 58.2 Å². The number of hydrogen-bond donors (Lipinski definition) is 4. The van der Waals surface area contributed by atoms with Gasteiger partial charge in [-0.3, -0.25) is 4.79 Å². The molecule has 0 saturated heterocycles. The van der Waals surface area contributed by atoms with E-state index in [0.717, 1.165) is 10.9 Å². The Kier molecular flexibility index (Phi) is 7.65. The maximum Gasteiger partial charge on any atom is 0.254 e. The Morgan fingerprint density at radius 2 is 1.92 bits per heavy atom. The summed E-state index contributed by atoms with van der Waals surface area (Å²) in [7, 11) is -3.20. The normalized spacial score (nSPS) is 11.9. The lowest BCUT2D eigenvalue weighted by molar-refractivity contribution is 0.0692. The first kappa shape index (κ1) is 27.0. The number of aromatic nitrogens is 3. The van der Waals surface area contributed by atoms with Crippen molar-refractivity contribution in [3.05, 3.63) is 77.9 Å². The number of anilines is 3. The smallest absolute Gasteiger partial charge is 0.254 e. The minimum absolute atomic E-state index is 0.0168. The van der Waals surface area contributed by atoms with Gasteiger partial charge >= 0.3 is 0 Å². The van der Waals surface area contributed by atoms with Crippen molar-refractivity contribution in [1.82, 2.24) is 19.9 Å². The molecule has 12 heteroatoms. The fourth-order valence-electron chi connectivity index (χ4n) is 3.68. The standard InChI is InChI=1S/C26H29FN6O4S/c1-26(2,35)15-29-24(34)20-9-8-19(12-21(20)27)31-25-28-13-17-10-11-33(23(17)32-25)14-18-6-4-5-7-22(18)30-16-38(3,36)37/h4-13,30,35H,14-16H2,1-3H3,(H,29,34)(H,28,31,32). The zero-order valence-electron chi connectivity index (χ0n) is 21.2. The summed E-state index contributed by atoms with van der Waals surface area (Å²) in [5, 5.41) is 19.0. The summed E-state index contributed by atoms with van der Waals surface area (Å²) < 4.78 is 39.7. The number of aliphatic hydroxyl groups is 1. The molecule has 0 spiro atoms. The molecule has 2 heterocycles. The number of amides is 1. The molecule has 4 N–H and O–H groups in total. The molecule has 0 radical (unpaired) electrons. The first-order valence-electron chi connectivity index (χ1n) is 11.8. The van der Waals surface area contributed by atoms with Crippen molar-refractivity contribution in [1.29, 1.82) is 0 Å². The Morgan fingerprint density at radius 3 is 2.63 bits per heavy atom. The number of benzene rings is 2. The molecule has 0 atom stereocenters. The highest BCUT2D eigenvalue weighted by Crippen LogP contribution is 2.23. The molecule has 2 aromatic carbocycles. The van der Waals surface area contributed by atoms with Crippen molar-refractivity contribution in [3.63, 3.8) is 0 Å². The lowest BCUT2D eigenvalue weighted by Gasteiger charge is -2.17. The van der Waals surface area contributed by atoms with Gasteiger partial charge in [0.1, 0.15) is 17.3 Å². The second-order valence-electron chi connectivity index (χ2n) is 9.63. The third-order valence-corrected chi connectivity index (χ3v) is 6.20. The Morgan fingerprint density at radius 1 is 1.16 bits per heavy atom. The molecule has 38 heavy (non-hydrogen) atoms. The molecule has 0 unspecified atom stereocenters. The molecule has 10 nitrogen and oxygen atoms in total. The van der Waals surface area contributed by atoms with E-state index in [1.807, 2.05) is 41.1 Å². The van der Waals surface area contributed by atoms with Gasteiger partial charge in [-0.1, -0.05) is 18.2 Å². The molecule has 0 aliphatic heterocycles. The Labute approximate surface area is 219 Å². The molecular formula is C26H29FN6O4S. The molecular weight excluding hydrogens is 511 g/mol. The topological polar surface area (TPSA) is 138 Å². The number of nitrogens with one attached hydrogen (secondary N) is 3. The summed E-state index contributed by atoms with van der Waals surface area (Å²) >= 11 is 0. The average Bonchev–Trinajstić information content (AvgIpc) is 3.23. The highest BCUT2D eigenvalue weighted by molar-refractivity contribution is 7.90. The third-order valence-electron chi connectivity index (χ3n) is 5.54.